The van der Waals surface area contributed by atoms with Crippen molar-refractivity contribution in [3.05, 3.63) is 48.1 Å². The molecule has 0 bridgehead atoms. The Hall–Kier alpha value is -3.28. The van der Waals surface area contributed by atoms with E-state index in [1.165, 1.54) is 29.1 Å². The summed E-state index contributed by atoms with van der Waals surface area (Å²) in [6.45, 7) is 1.58. The van der Waals surface area contributed by atoms with E-state index in [4.69, 9.17) is 0 Å². The minimum Gasteiger partial charge on any atom is -0.354 e. The Bertz CT molecular complexity index is 1100. The Morgan fingerprint density at radius 3 is 2.77 bits per heavy atom. The molecule has 1 saturated heterocycles. The number of pyridine rings is 1. The van der Waals surface area contributed by atoms with Crippen LogP contribution in [0.2, 0.25) is 0 Å². The van der Waals surface area contributed by atoms with Gasteiger partial charge in [0.25, 0.3) is 5.91 Å². The highest BCUT2D eigenvalue weighted by Gasteiger charge is 2.31. The Labute approximate surface area is 174 Å². The molecule has 0 saturated carbocycles. The van der Waals surface area contributed by atoms with Crippen molar-refractivity contribution in [2.24, 2.45) is 0 Å². The van der Waals surface area contributed by atoms with Crippen LogP contribution in [-0.2, 0) is 0 Å². The number of alkyl halides is 3. The number of fused-ring (bicyclic) bond motifs is 1. The van der Waals surface area contributed by atoms with Gasteiger partial charge in [-0.15, -0.1) is 0 Å². The number of rotatable bonds is 5. The van der Waals surface area contributed by atoms with E-state index in [0.717, 1.165) is 0 Å². The zero-order valence-corrected chi connectivity index (χ0v) is 16.4. The van der Waals surface area contributed by atoms with Crippen LogP contribution in [-0.4, -0.2) is 57.1 Å². The van der Waals surface area contributed by atoms with Gasteiger partial charge in [0, 0.05) is 37.6 Å². The molecule has 4 rings (SSSR count). The molecule has 0 aliphatic carbocycles. The van der Waals surface area contributed by atoms with Gasteiger partial charge in [-0.2, -0.15) is 13.2 Å². The minimum atomic E-state index is -4.26. The average molecular weight is 437 g/mol. The third-order valence-corrected chi connectivity index (χ3v) is 4.86. The number of aryl methyl sites for hydroxylation is 1. The molecule has 31 heavy (non-hydrogen) atoms. The van der Waals surface area contributed by atoms with Crippen molar-refractivity contribution < 1.29 is 22.4 Å². The number of carbonyl (C=O) groups excluding carboxylic acids is 1. The Morgan fingerprint density at radius 1 is 1.26 bits per heavy atom. The van der Waals surface area contributed by atoms with E-state index in [2.05, 4.69) is 25.6 Å². The number of anilines is 2. The van der Waals surface area contributed by atoms with Crippen molar-refractivity contribution in [2.75, 3.05) is 29.9 Å². The molecule has 3 aromatic rings. The molecule has 1 aliphatic heterocycles. The van der Waals surface area contributed by atoms with Gasteiger partial charge in [-0.25, -0.2) is 19.3 Å². The summed E-state index contributed by atoms with van der Waals surface area (Å²) >= 11 is 0. The molecule has 0 spiro atoms. The molecule has 1 amide bonds. The molecule has 1 aliphatic rings. The molecule has 0 aromatic carbocycles. The van der Waals surface area contributed by atoms with Crippen LogP contribution in [0.25, 0.3) is 5.65 Å². The lowest BCUT2D eigenvalue weighted by Gasteiger charge is -2.18. The molecular weight excluding hydrogens is 418 g/mol. The number of halogens is 4. The fourth-order valence-corrected chi connectivity index (χ4v) is 3.44. The van der Waals surface area contributed by atoms with Crippen molar-refractivity contribution in [3.63, 3.8) is 0 Å². The van der Waals surface area contributed by atoms with Gasteiger partial charge in [0.1, 0.15) is 11.5 Å². The van der Waals surface area contributed by atoms with Crippen molar-refractivity contribution in [1.82, 2.24) is 24.7 Å². The van der Waals surface area contributed by atoms with E-state index in [0.29, 0.717) is 31.0 Å². The lowest BCUT2D eigenvalue weighted by Crippen LogP contribution is -2.38. The molecular formula is C19H19F4N7O. The molecule has 1 unspecified atom stereocenters. The second-order valence-corrected chi connectivity index (χ2v) is 7.33. The molecule has 164 valence electrons. The van der Waals surface area contributed by atoms with Crippen LogP contribution in [0.4, 0.5) is 29.1 Å². The summed E-state index contributed by atoms with van der Waals surface area (Å²) in [6.07, 6.45) is 2.13. The van der Waals surface area contributed by atoms with Crippen LogP contribution in [0.5, 0.6) is 0 Å². The molecule has 4 heterocycles. The highest BCUT2D eigenvalue weighted by atomic mass is 19.4. The quantitative estimate of drug-likeness (QED) is 0.597. The van der Waals surface area contributed by atoms with E-state index in [1.54, 1.807) is 18.0 Å². The summed E-state index contributed by atoms with van der Waals surface area (Å²) < 4.78 is 52.7. The van der Waals surface area contributed by atoms with Crippen molar-refractivity contribution in [2.45, 2.75) is 25.6 Å². The zero-order chi connectivity index (χ0) is 22.2. The number of aromatic nitrogens is 4. The number of imidazole rings is 1. The standard InChI is InChI=1S/C19H19F4N7O/c1-11-7-30-9-13(4-14(20)17(30)27-11)28-18(31)15-5-25-16(6-24-15)29-3-2-12(8-29)26-10-19(21,22)23/h4-7,9,12,26H,2-3,8,10H2,1H3,(H,28,31). The normalized spacial score (nSPS) is 16.8. The predicted octanol–water partition coefficient (Wildman–Crippen LogP) is 2.55. The van der Waals surface area contributed by atoms with Gasteiger partial charge < -0.3 is 19.9 Å². The lowest BCUT2D eigenvalue weighted by atomic mass is 10.2. The van der Waals surface area contributed by atoms with Crippen LogP contribution >= 0.6 is 0 Å². The minimum absolute atomic E-state index is 0.0250. The molecule has 2 N–H and O–H groups in total. The summed E-state index contributed by atoms with van der Waals surface area (Å²) in [5, 5.41) is 5.05. The second kappa shape index (κ2) is 8.10. The van der Waals surface area contributed by atoms with Gasteiger partial charge in [-0.1, -0.05) is 0 Å². The van der Waals surface area contributed by atoms with Crippen molar-refractivity contribution in [1.29, 1.82) is 0 Å². The van der Waals surface area contributed by atoms with E-state index < -0.39 is 24.4 Å². The highest BCUT2D eigenvalue weighted by molar-refractivity contribution is 6.02. The van der Waals surface area contributed by atoms with Crippen LogP contribution in [0.3, 0.4) is 0 Å². The van der Waals surface area contributed by atoms with E-state index in [9.17, 15) is 22.4 Å². The molecule has 3 aromatic heterocycles. The van der Waals surface area contributed by atoms with Gasteiger partial charge >= 0.3 is 6.18 Å². The molecule has 12 heteroatoms. The third-order valence-electron chi connectivity index (χ3n) is 4.86. The summed E-state index contributed by atoms with van der Waals surface area (Å²) in [4.78, 5) is 26.6. The first-order valence-corrected chi connectivity index (χ1v) is 9.51. The maximum absolute atomic E-state index is 14.2. The predicted molar refractivity (Wildman–Crippen MR) is 105 cm³/mol. The fourth-order valence-electron chi connectivity index (χ4n) is 3.44. The zero-order valence-electron chi connectivity index (χ0n) is 16.4. The van der Waals surface area contributed by atoms with E-state index >= 15 is 0 Å². The largest absolute Gasteiger partial charge is 0.401 e. The van der Waals surface area contributed by atoms with E-state index in [-0.39, 0.29) is 23.1 Å². The second-order valence-electron chi connectivity index (χ2n) is 7.33. The summed E-state index contributed by atoms with van der Waals surface area (Å²) in [7, 11) is 0. The first-order chi connectivity index (χ1) is 14.7. The summed E-state index contributed by atoms with van der Waals surface area (Å²) in [5.41, 5.74) is 1.06. The van der Waals surface area contributed by atoms with E-state index in [1.807, 2.05) is 0 Å². The Morgan fingerprint density at radius 2 is 2.06 bits per heavy atom. The number of hydrogen-bond donors (Lipinski definition) is 2. The number of nitrogens with zero attached hydrogens (tertiary/aromatic N) is 5. The van der Waals surface area contributed by atoms with Crippen molar-refractivity contribution >= 4 is 23.1 Å². The third kappa shape index (κ3) is 4.90. The number of carbonyl (C=O) groups is 1. The number of amides is 1. The van der Waals surface area contributed by atoms with Gasteiger partial charge in [0.05, 0.1) is 30.3 Å². The topological polar surface area (TPSA) is 87.5 Å². The number of hydrogen-bond acceptors (Lipinski definition) is 6. The summed E-state index contributed by atoms with van der Waals surface area (Å²) in [5.74, 6) is -0.676. The SMILES string of the molecule is Cc1cn2cc(NC(=O)c3cnc(N4CCC(NCC(F)(F)F)C4)cn3)cc(F)c2n1. The fraction of sp³-hybridized carbons (Fsp3) is 0.368. The maximum atomic E-state index is 14.2. The number of nitrogens with one attached hydrogen (secondary N) is 2. The smallest absolute Gasteiger partial charge is 0.354 e. The molecule has 1 atom stereocenters. The molecule has 1 fully saturated rings. The molecule has 8 nitrogen and oxygen atoms in total. The monoisotopic (exact) mass is 437 g/mol. The first kappa shape index (κ1) is 21.0. The lowest BCUT2D eigenvalue weighted by molar-refractivity contribution is -0.125. The van der Waals surface area contributed by atoms with Gasteiger partial charge in [0.2, 0.25) is 0 Å². The molecule has 0 radical (unpaired) electrons. The Balaban J connectivity index is 1.39. The average Bonchev–Trinajstić information content (AvgIpc) is 3.32. The van der Waals surface area contributed by atoms with Gasteiger partial charge in [0.15, 0.2) is 11.5 Å². The van der Waals surface area contributed by atoms with Crippen LogP contribution in [0, 0.1) is 12.7 Å². The van der Waals surface area contributed by atoms with Gasteiger partial charge in [-0.05, 0) is 13.3 Å². The van der Waals surface area contributed by atoms with Crippen LogP contribution in [0.1, 0.15) is 22.6 Å². The first-order valence-electron chi connectivity index (χ1n) is 9.51. The van der Waals surface area contributed by atoms with Gasteiger partial charge in [-0.3, -0.25) is 4.79 Å². The highest BCUT2D eigenvalue weighted by Crippen LogP contribution is 2.20. The maximum Gasteiger partial charge on any atom is 0.401 e. The van der Waals surface area contributed by atoms with Crippen LogP contribution in [0.15, 0.2) is 30.9 Å². The Kier molecular flexibility index (Phi) is 5.48. The summed E-state index contributed by atoms with van der Waals surface area (Å²) in [6, 6.07) is 0.864. The van der Waals surface area contributed by atoms with Crippen molar-refractivity contribution in [3.8, 4) is 0 Å². The van der Waals surface area contributed by atoms with Crippen LogP contribution < -0.4 is 15.5 Å².